The van der Waals surface area contributed by atoms with Gasteiger partial charge in [0, 0.05) is 11.9 Å². The second-order valence-electron chi connectivity index (χ2n) is 6.64. The molecule has 0 N–H and O–H groups in total. The molecule has 1 heterocycles. The first-order chi connectivity index (χ1) is 14.2. The number of hydrogen-bond donors (Lipinski definition) is 0. The van der Waals surface area contributed by atoms with Crippen LogP contribution in [0.3, 0.4) is 0 Å². The summed E-state index contributed by atoms with van der Waals surface area (Å²) in [5, 5.41) is 0. The van der Waals surface area contributed by atoms with Crippen molar-refractivity contribution >= 4 is 23.6 Å². The van der Waals surface area contributed by atoms with Crippen LogP contribution < -0.4 is 9.64 Å². The molecule has 0 fully saturated rings. The van der Waals surface area contributed by atoms with Crippen LogP contribution in [0.2, 0.25) is 0 Å². The van der Waals surface area contributed by atoms with Crippen LogP contribution >= 0.6 is 0 Å². The highest BCUT2D eigenvalue weighted by molar-refractivity contribution is 6.05. The van der Waals surface area contributed by atoms with E-state index in [2.05, 4.69) is 0 Å². The van der Waals surface area contributed by atoms with E-state index in [9.17, 15) is 14.4 Å². The van der Waals surface area contributed by atoms with E-state index in [0.29, 0.717) is 11.4 Å². The molecular weight excluding hydrogens is 390 g/mol. The fourth-order valence-corrected chi connectivity index (χ4v) is 2.68. The summed E-state index contributed by atoms with van der Waals surface area (Å²) in [4.78, 5) is 38.2. The number of nitrogens with zero attached hydrogens (tertiary/aromatic N) is 1. The molecule has 0 spiro atoms. The molecule has 1 aromatic carbocycles. The van der Waals surface area contributed by atoms with Crippen LogP contribution in [0.4, 0.5) is 5.69 Å². The van der Waals surface area contributed by atoms with E-state index < -0.39 is 23.5 Å². The number of methoxy groups -OCH3 is 2. The van der Waals surface area contributed by atoms with Crippen molar-refractivity contribution in [1.29, 1.82) is 0 Å². The Hall–Kier alpha value is -3.55. The maximum Gasteiger partial charge on any atom is 0.355 e. The molecule has 30 heavy (non-hydrogen) atoms. The van der Waals surface area contributed by atoms with E-state index in [-0.39, 0.29) is 17.9 Å². The average molecular weight is 415 g/mol. The van der Waals surface area contributed by atoms with Crippen molar-refractivity contribution in [3.05, 3.63) is 60.0 Å². The van der Waals surface area contributed by atoms with Crippen LogP contribution in [0.1, 0.15) is 20.8 Å². The summed E-state index contributed by atoms with van der Waals surface area (Å²) in [6, 6.07) is 6.67. The molecule has 0 aromatic heterocycles. The van der Waals surface area contributed by atoms with Crippen LogP contribution in [-0.2, 0) is 28.6 Å². The number of esters is 3. The van der Waals surface area contributed by atoms with E-state index >= 15 is 0 Å². The zero-order valence-corrected chi connectivity index (χ0v) is 17.6. The standard InChI is InChI=1S/C22H25NO7/c1-6-29-21(26)22(2,3)30-16-12-10-15(11-13-16)23-14-8-7-9-17(19(24)27-4)18(23)20(25)28-5/h7-14H,6H2,1-5H3. The molecule has 0 saturated carbocycles. The molecule has 0 amide bonds. The van der Waals surface area contributed by atoms with Gasteiger partial charge in [0.15, 0.2) is 5.60 Å². The van der Waals surface area contributed by atoms with Gasteiger partial charge < -0.3 is 23.8 Å². The largest absolute Gasteiger partial charge is 0.476 e. The highest BCUT2D eigenvalue weighted by Crippen LogP contribution is 2.29. The van der Waals surface area contributed by atoms with Crippen molar-refractivity contribution < 1.29 is 33.3 Å². The molecule has 0 atom stereocenters. The number of hydrogen-bond acceptors (Lipinski definition) is 8. The van der Waals surface area contributed by atoms with Gasteiger partial charge in [-0.1, -0.05) is 6.08 Å². The van der Waals surface area contributed by atoms with E-state index in [1.807, 2.05) is 0 Å². The lowest BCUT2D eigenvalue weighted by Gasteiger charge is -2.25. The van der Waals surface area contributed by atoms with E-state index in [4.69, 9.17) is 18.9 Å². The van der Waals surface area contributed by atoms with Crippen molar-refractivity contribution in [2.45, 2.75) is 26.4 Å². The van der Waals surface area contributed by atoms with Gasteiger partial charge in [0.2, 0.25) is 0 Å². The summed E-state index contributed by atoms with van der Waals surface area (Å²) < 4.78 is 20.4. The fraction of sp³-hybridized carbons (Fsp3) is 0.318. The molecule has 8 nitrogen and oxygen atoms in total. The number of carbonyl (C=O) groups excluding carboxylic acids is 3. The Morgan fingerprint density at radius 3 is 2.17 bits per heavy atom. The zero-order chi connectivity index (χ0) is 22.3. The first kappa shape index (κ1) is 22.7. The molecule has 0 saturated heterocycles. The smallest absolute Gasteiger partial charge is 0.355 e. The summed E-state index contributed by atoms with van der Waals surface area (Å²) >= 11 is 0. The minimum absolute atomic E-state index is 0.00914. The average Bonchev–Trinajstić information content (AvgIpc) is 2.96. The number of anilines is 1. The van der Waals surface area contributed by atoms with E-state index in [0.717, 1.165) is 0 Å². The van der Waals surface area contributed by atoms with Crippen molar-refractivity contribution in [2.75, 3.05) is 25.7 Å². The Kier molecular flexibility index (Phi) is 7.41. The Morgan fingerprint density at radius 2 is 1.60 bits per heavy atom. The monoisotopic (exact) mass is 415 g/mol. The Labute approximate surface area is 175 Å². The summed E-state index contributed by atoms with van der Waals surface area (Å²) in [5.74, 6) is -1.41. The van der Waals surface area contributed by atoms with Gasteiger partial charge in [0.05, 0.1) is 26.4 Å². The maximum atomic E-state index is 12.5. The quantitative estimate of drug-likeness (QED) is 0.496. The number of benzene rings is 1. The topological polar surface area (TPSA) is 91.4 Å². The van der Waals surface area contributed by atoms with Crippen LogP contribution in [-0.4, -0.2) is 44.3 Å². The minimum Gasteiger partial charge on any atom is -0.476 e. The second-order valence-corrected chi connectivity index (χ2v) is 6.64. The van der Waals surface area contributed by atoms with Gasteiger partial charge in [-0.05, 0) is 57.2 Å². The van der Waals surface area contributed by atoms with E-state index in [1.54, 1.807) is 63.4 Å². The molecule has 0 unspecified atom stereocenters. The second kappa shape index (κ2) is 9.78. The number of rotatable bonds is 7. The molecule has 160 valence electrons. The molecular formula is C22H25NO7. The molecule has 0 bridgehead atoms. The molecule has 1 aliphatic rings. The third-order valence-corrected chi connectivity index (χ3v) is 4.14. The van der Waals surface area contributed by atoms with Crippen molar-refractivity contribution in [3.63, 3.8) is 0 Å². The van der Waals surface area contributed by atoms with Crippen LogP contribution in [0.15, 0.2) is 60.0 Å². The number of ether oxygens (including phenoxy) is 4. The lowest BCUT2D eigenvalue weighted by Crippen LogP contribution is -2.39. The molecule has 8 heteroatoms. The first-order valence-corrected chi connectivity index (χ1v) is 9.26. The van der Waals surface area contributed by atoms with Gasteiger partial charge in [-0.3, -0.25) is 0 Å². The summed E-state index contributed by atoms with van der Waals surface area (Å²) in [6.45, 7) is 5.21. The van der Waals surface area contributed by atoms with Gasteiger partial charge in [-0.2, -0.15) is 0 Å². The highest BCUT2D eigenvalue weighted by atomic mass is 16.6. The third kappa shape index (κ3) is 5.08. The van der Waals surface area contributed by atoms with Gasteiger partial charge in [0.25, 0.3) is 0 Å². The van der Waals surface area contributed by atoms with Gasteiger partial charge in [0.1, 0.15) is 11.4 Å². The molecule has 2 rings (SSSR count). The zero-order valence-electron chi connectivity index (χ0n) is 17.6. The molecule has 0 aliphatic carbocycles. The lowest BCUT2D eigenvalue weighted by atomic mass is 10.1. The van der Waals surface area contributed by atoms with Gasteiger partial charge in [-0.15, -0.1) is 0 Å². The van der Waals surface area contributed by atoms with Crippen molar-refractivity contribution in [1.82, 2.24) is 0 Å². The first-order valence-electron chi connectivity index (χ1n) is 9.26. The Balaban J connectivity index is 2.38. The van der Waals surface area contributed by atoms with Crippen molar-refractivity contribution in [3.8, 4) is 5.75 Å². The third-order valence-electron chi connectivity index (χ3n) is 4.14. The van der Waals surface area contributed by atoms with Gasteiger partial charge in [-0.25, -0.2) is 14.4 Å². The van der Waals surface area contributed by atoms with E-state index in [1.165, 1.54) is 25.2 Å². The molecule has 1 aliphatic heterocycles. The van der Waals surface area contributed by atoms with Gasteiger partial charge >= 0.3 is 17.9 Å². The SMILES string of the molecule is CCOC(=O)C(C)(C)Oc1ccc(N2C=CC=CC(C(=O)OC)=C2C(=O)OC)cc1. The summed E-state index contributed by atoms with van der Waals surface area (Å²) in [5.41, 5.74) is -0.537. The maximum absolute atomic E-state index is 12.5. The van der Waals surface area contributed by atoms with Crippen LogP contribution in [0.5, 0.6) is 5.75 Å². The summed E-state index contributed by atoms with van der Waals surface area (Å²) in [7, 11) is 2.47. The predicted octanol–water partition coefficient (Wildman–Crippen LogP) is 2.90. The predicted molar refractivity (Wildman–Crippen MR) is 110 cm³/mol. The molecule has 1 aromatic rings. The Bertz CT molecular complexity index is 895. The number of carbonyl (C=O) groups is 3. The molecule has 0 radical (unpaired) electrons. The normalized spacial score (nSPS) is 13.6. The fourth-order valence-electron chi connectivity index (χ4n) is 2.68. The number of allylic oxidation sites excluding steroid dienone is 2. The highest BCUT2D eigenvalue weighted by Gasteiger charge is 2.32. The van der Waals surface area contributed by atoms with Crippen molar-refractivity contribution in [2.24, 2.45) is 0 Å². The van der Waals surface area contributed by atoms with Crippen LogP contribution in [0, 0.1) is 0 Å². The summed E-state index contributed by atoms with van der Waals surface area (Å²) in [6.07, 6.45) is 6.40. The van der Waals surface area contributed by atoms with Crippen LogP contribution in [0.25, 0.3) is 0 Å². The minimum atomic E-state index is -1.17. The Morgan fingerprint density at radius 1 is 0.967 bits per heavy atom. The lowest BCUT2D eigenvalue weighted by molar-refractivity contribution is -0.158.